The largest absolute Gasteiger partial charge is 0.308 e. The van der Waals surface area contributed by atoms with Crippen molar-refractivity contribution in [2.75, 3.05) is 16.3 Å². The first-order chi connectivity index (χ1) is 18.1. The molecule has 2 aliphatic heterocycles. The average molecular weight is 510 g/mol. The van der Waals surface area contributed by atoms with Gasteiger partial charge in [0.15, 0.2) is 0 Å². The molecule has 4 amide bonds. The van der Waals surface area contributed by atoms with E-state index < -0.39 is 17.2 Å². The highest BCUT2D eigenvalue weighted by Crippen LogP contribution is 2.43. The predicted octanol–water partition coefficient (Wildman–Crippen LogP) is 5.23. The fourth-order valence-corrected chi connectivity index (χ4v) is 5.39. The number of fused-ring (bicyclic) bond motifs is 2. The molecular formula is C31H31N3O4. The molecule has 0 saturated carbocycles. The molecule has 2 atom stereocenters. The van der Waals surface area contributed by atoms with E-state index in [1.807, 2.05) is 87.2 Å². The van der Waals surface area contributed by atoms with Crippen molar-refractivity contribution in [1.29, 1.82) is 0 Å². The van der Waals surface area contributed by atoms with Crippen molar-refractivity contribution in [2.24, 2.45) is 5.41 Å². The van der Waals surface area contributed by atoms with Crippen LogP contribution in [0.1, 0.15) is 66.4 Å². The third-order valence-corrected chi connectivity index (χ3v) is 7.21. The minimum absolute atomic E-state index is 0.0125. The van der Waals surface area contributed by atoms with Crippen LogP contribution in [-0.2, 0) is 9.59 Å². The number of nitrogens with zero attached hydrogens (tertiary/aromatic N) is 3. The summed E-state index contributed by atoms with van der Waals surface area (Å²) < 4.78 is 0. The number of amides is 4. The second-order valence-corrected chi connectivity index (χ2v) is 10.9. The maximum absolute atomic E-state index is 13.8. The van der Waals surface area contributed by atoms with E-state index in [0.29, 0.717) is 23.2 Å². The van der Waals surface area contributed by atoms with Gasteiger partial charge in [-0.3, -0.25) is 24.1 Å². The van der Waals surface area contributed by atoms with Gasteiger partial charge in [-0.05, 0) is 49.2 Å². The van der Waals surface area contributed by atoms with Crippen LogP contribution >= 0.6 is 0 Å². The van der Waals surface area contributed by atoms with Gasteiger partial charge in [0.1, 0.15) is 6.54 Å². The number of imide groups is 1. The molecule has 0 aromatic heterocycles. The third kappa shape index (κ3) is 4.28. The van der Waals surface area contributed by atoms with Gasteiger partial charge >= 0.3 is 0 Å². The van der Waals surface area contributed by atoms with E-state index in [2.05, 4.69) is 0 Å². The molecule has 0 spiro atoms. The van der Waals surface area contributed by atoms with Crippen molar-refractivity contribution in [3.63, 3.8) is 0 Å². The Hall–Kier alpha value is -4.26. The topological polar surface area (TPSA) is 78.0 Å². The molecule has 0 saturated heterocycles. The Kier molecular flexibility index (Phi) is 6.39. The Labute approximate surface area is 222 Å². The second-order valence-electron chi connectivity index (χ2n) is 10.9. The van der Waals surface area contributed by atoms with Gasteiger partial charge in [-0.1, -0.05) is 69.3 Å². The minimum atomic E-state index is -0.619. The molecule has 3 aromatic carbocycles. The zero-order valence-electron chi connectivity index (χ0n) is 22.0. The number of anilines is 2. The van der Waals surface area contributed by atoms with Crippen LogP contribution in [0, 0.1) is 5.41 Å². The highest BCUT2D eigenvalue weighted by molar-refractivity contribution is 6.22. The zero-order chi connectivity index (χ0) is 27.2. The van der Waals surface area contributed by atoms with E-state index in [0.717, 1.165) is 16.2 Å². The van der Waals surface area contributed by atoms with Crippen molar-refractivity contribution in [2.45, 2.75) is 46.2 Å². The lowest BCUT2D eigenvalue weighted by Gasteiger charge is -2.45. The van der Waals surface area contributed by atoms with Gasteiger partial charge in [-0.15, -0.1) is 0 Å². The lowest BCUT2D eigenvalue weighted by Crippen LogP contribution is -2.52. The van der Waals surface area contributed by atoms with Crippen LogP contribution in [0.4, 0.5) is 11.4 Å². The molecule has 3 aromatic rings. The SMILES string of the molecule is CC1CC(N(C(=O)C(C)(C)C)c2ccccc2)c2ccccc2N1C(=O)CN1C(=O)c2ccccc2C1=O. The Morgan fingerprint density at radius 3 is 2.00 bits per heavy atom. The third-order valence-electron chi connectivity index (χ3n) is 7.21. The number of benzene rings is 3. The highest BCUT2D eigenvalue weighted by Gasteiger charge is 2.43. The summed E-state index contributed by atoms with van der Waals surface area (Å²) in [6.45, 7) is 7.30. The molecule has 7 nitrogen and oxygen atoms in total. The minimum Gasteiger partial charge on any atom is -0.308 e. The molecule has 0 fully saturated rings. The number of carbonyl (C=O) groups is 4. The van der Waals surface area contributed by atoms with Crippen molar-refractivity contribution in [3.8, 4) is 0 Å². The van der Waals surface area contributed by atoms with E-state index in [-0.39, 0.29) is 30.4 Å². The number of hydrogen-bond acceptors (Lipinski definition) is 4. The van der Waals surface area contributed by atoms with Gasteiger partial charge in [0.25, 0.3) is 11.8 Å². The summed E-state index contributed by atoms with van der Waals surface area (Å²) in [5, 5.41) is 0. The Morgan fingerprint density at radius 1 is 0.842 bits per heavy atom. The normalized spacial score (nSPS) is 18.7. The van der Waals surface area contributed by atoms with Gasteiger partial charge in [0, 0.05) is 22.8 Å². The summed E-state index contributed by atoms with van der Waals surface area (Å²) in [5.41, 5.74) is 2.34. The predicted molar refractivity (Wildman–Crippen MR) is 146 cm³/mol. The van der Waals surface area contributed by atoms with Crippen LogP contribution in [0.5, 0.6) is 0 Å². The summed E-state index contributed by atoms with van der Waals surface area (Å²) in [6, 6.07) is 23.2. The van der Waals surface area contributed by atoms with Gasteiger partial charge in [-0.2, -0.15) is 0 Å². The molecule has 38 heavy (non-hydrogen) atoms. The van der Waals surface area contributed by atoms with E-state index in [4.69, 9.17) is 0 Å². The van der Waals surface area contributed by atoms with Gasteiger partial charge in [0.2, 0.25) is 11.8 Å². The smallest absolute Gasteiger partial charge is 0.262 e. The molecule has 2 heterocycles. The van der Waals surface area contributed by atoms with Gasteiger partial charge in [0.05, 0.1) is 17.2 Å². The van der Waals surface area contributed by atoms with Gasteiger partial charge < -0.3 is 9.80 Å². The van der Waals surface area contributed by atoms with E-state index in [9.17, 15) is 19.2 Å². The van der Waals surface area contributed by atoms with E-state index in [1.54, 1.807) is 29.2 Å². The quantitative estimate of drug-likeness (QED) is 0.452. The molecule has 2 aliphatic rings. The molecular weight excluding hydrogens is 478 g/mol. The molecule has 0 radical (unpaired) electrons. The first-order valence-corrected chi connectivity index (χ1v) is 12.8. The average Bonchev–Trinajstić information content (AvgIpc) is 3.13. The summed E-state index contributed by atoms with van der Waals surface area (Å²) in [4.78, 5) is 57.8. The van der Waals surface area contributed by atoms with E-state index in [1.165, 1.54) is 0 Å². The first kappa shape index (κ1) is 25.4. The molecule has 2 unspecified atom stereocenters. The fourth-order valence-electron chi connectivity index (χ4n) is 5.39. The van der Waals surface area contributed by atoms with Crippen molar-refractivity contribution in [3.05, 3.63) is 95.6 Å². The molecule has 7 heteroatoms. The molecule has 5 rings (SSSR count). The molecule has 0 aliphatic carbocycles. The Balaban J connectivity index is 1.50. The highest BCUT2D eigenvalue weighted by atomic mass is 16.2. The van der Waals surface area contributed by atoms with Crippen LogP contribution in [0.25, 0.3) is 0 Å². The Morgan fingerprint density at radius 2 is 1.39 bits per heavy atom. The van der Waals surface area contributed by atoms with Crippen LogP contribution in [-0.4, -0.2) is 41.1 Å². The van der Waals surface area contributed by atoms with Crippen molar-refractivity contribution < 1.29 is 19.2 Å². The van der Waals surface area contributed by atoms with Crippen molar-refractivity contribution in [1.82, 2.24) is 4.90 Å². The summed E-state index contributed by atoms with van der Waals surface area (Å²) in [7, 11) is 0. The lowest BCUT2D eigenvalue weighted by molar-refractivity contribution is -0.126. The lowest BCUT2D eigenvalue weighted by atomic mass is 9.87. The standard InChI is InChI=1S/C31H31N3O4/c1-20-18-26(34(30(38)31(2,3)4)21-12-6-5-7-13-21)24-16-10-11-17-25(24)33(20)27(35)19-32-28(36)22-14-8-9-15-23(22)29(32)37/h5-17,20,26H,18-19H2,1-4H3. The van der Waals surface area contributed by atoms with Gasteiger partial charge in [-0.25, -0.2) is 0 Å². The Bertz CT molecular complexity index is 1390. The zero-order valence-corrected chi connectivity index (χ0v) is 22.0. The number of rotatable bonds is 4. The first-order valence-electron chi connectivity index (χ1n) is 12.8. The van der Waals surface area contributed by atoms with Crippen LogP contribution < -0.4 is 9.80 Å². The molecule has 0 N–H and O–H groups in total. The summed E-state index contributed by atoms with van der Waals surface area (Å²) in [6.07, 6.45) is 0.502. The number of carbonyl (C=O) groups excluding carboxylic acids is 4. The summed E-state index contributed by atoms with van der Waals surface area (Å²) >= 11 is 0. The number of hydrogen-bond donors (Lipinski definition) is 0. The number of para-hydroxylation sites is 2. The van der Waals surface area contributed by atoms with Crippen LogP contribution in [0.3, 0.4) is 0 Å². The monoisotopic (exact) mass is 509 g/mol. The molecule has 194 valence electrons. The fraction of sp³-hybridized carbons (Fsp3) is 0.290. The maximum atomic E-state index is 13.8. The van der Waals surface area contributed by atoms with E-state index >= 15 is 0 Å². The van der Waals surface area contributed by atoms with Crippen molar-refractivity contribution >= 4 is 35.0 Å². The summed E-state index contributed by atoms with van der Waals surface area (Å²) in [5.74, 6) is -1.27. The molecule has 0 bridgehead atoms. The van der Waals surface area contributed by atoms with Crippen LogP contribution in [0.2, 0.25) is 0 Å². The second kappa shape index (κ2) is 9.56. The van der Waals surface area contributed by atoms with Crippen LogP contribution in [0.15, 0.2) is 78.9 Å². The maximum Gasteiger partial charge on any atom is 0.262 e.